The third kappa shape index (κ3) is 2.34. The summed E-state index contributed by atoms with van der Waals surface area (Å²) in [7, 11) is 0. The highest BCUT2D eigenvalue weighted by molar-refractivity contribution is 7.99. The van der Waals surface area contributed by atoms with Gasteiger partial charge in [-0.1, -0.05) is 11.8 Å². The number of aromatic nitrogens is 2. The largest absolute Gasteiger partial charge is 0.468 e. The second-order valence-electron chi connectivity index (χ2n) is 3.23. The van der Waals surface area contributed by atoms with Crippen molar-refractivity contribution in [3.8, 4) is 0 Å². The van der Waals surface area contributed by atoms with Gasteiger partial charge in [-0.2, -0.15) is 0 Å². The van der Waals surface area contributed by atoms with E-state index in [9.17, 15) is 0 Å². The zero-order valence-corrected chi connectivity index (χ0v) is 9.84. The van der Waals surface area contributed by atoms with Gasteiger partial charge in [0.25, 0.3) is 0 Å². The van der Waals surface area contributed by atoms with Crippen LogP contribution in [-0.4, -0.2) is 9.97 Å². The van der Waals surface area contributed by atoms with Crippen molar-refractivity contribution >= 4 is 17.6 Å². The topological polar surface area (TPSA) is 77.0 Å². The zero-order chi connectivity index (χ0) is 11.5. The normalized spacial score (nSPS) is 10.4. The Morgan fingerprint density at radius 2 is 2.19 bits per heavy atom. The minimum Gasteiger partial charge on any atom is -0.468 e. The Balaban J connectivity index is 2.28. The summed E-state index contributed by atoms with van der Waals surface area (Å²) >= 11 is 1.52. The van der Waals surface area contributed by atoms with E-state index in [-0.39, 0.29) is 0 Å². The van der Waals surface area contributed by atoms with Crippen molar-refractivity contribution < 1.29 is 4.42 Å². The first-order valence-corrected chi connectivity index (χ1v) is 5.55. The predicted octanol–water partition coefficient (Wildman–Crippen LogP) is 2.12. The number of anilines is 1. The van der Waals surface area contributed by atoms with Gasteiger partial charge in [-0.15, -0.1) is 0 Å². The summed E-state index contributed by atoms with van der Waals surface area (Å²) in [5.74, 6) is 7.49. The molecule has 6 heteroatoms. The van der Waals surface area contributed by atoms with Crippen molar-refractivity contribution in [2.24, 2.45) is 5.84 Å². The Morgan fingerprint density at radius 1 is 1.38 bits per heavy atom. The lowest BCUT2D eigenvalue weighted by atomic mass is 10.5. The number of aryl methyl sites for hydroxylation is 2. The predicted molar refractivity (Wildman–Crippen MR) is 62.1 cm³/mol. The zero-order valence-electron chi connectivity index (χ0n) is 9.02. The Hall–Kier alpha value is -1.53. The molecule has 84 valence electrons. The molecule has 0 aliphatic rings. The SMILES string of the molecule is Cc1nc(NN)cc(Sc2ccoc2C)n1. The number of furan rings is 1. The summed E-state index contributed by atoms with van der Waals surface area (Å²) < 4.78 is 5.22. The van der Waals surface area contributed by atoms with Gasteiger partial charge in [0.2, 0.25) is 0 Å². The molecule has 2 aromatic heterocycles. The number of hydrogen-bond donors (Lipinski definition) is 2. The first-order chi connectivity index (χ1) is 7.69. The number of nitrogen functional groups attached to an aromatic ring is 1. The number of hydrogen-bond acceptors (Lipinski definition) is 6. The van der Waals surface area contributed by atoms with E-state index < -0.39 is 0 Å². The van der Waals surface area contributed by atoms with Crippen molar-refractivity contribution in [3.05, 3.63) is 30.0 Å². The first kappa shape index (κ1) is 11.0. The van der Waals surface area contributed by atoms with E-state index >= 15 is 0 Å². The van der Waals surface area contributed by atoms with Crippen molar-refractivity contribution in [2.45, 2.75) is 23.8 Å². The van der Waals surface area contributed by atoms with Crippen molar-refractivity contribution in [2.75, 3.05) is 5.43 Å². The van der Waals surface area contributed by atoms with Gasteiger partial charge in [0.05, 0.1) is 11.2 Å². The van der Waals surface area contributed by atoms with Gasteiger partial charge >= 0.3 is 0 Å². The maximum absolute atomic E-state index is 5.32. The fraction of sp³-hybridized carbons (Fsp3) is 0.200. The van der Waals surface area contributed by atoms with Gasteiger partial charge < -0.3 is 9.84 Å². The highest BCUT2D eigenvalue weighted by atomic mass is 32.2. The number of nitrogens with one attached hydrogen (secondary N) is 1. The van der Waals surface area contributed by atoms with E-state index in [0.717, 1.165) is 15.7 Å². The minimum absolute atomic E-state index is 0.608. The molecule has 0 radical (unpaired) electrons. The highest BCUT2D eigenvalue weighted by Gasteiger charge is 2.07. The summed E-state index contributed by atoms with van der Waals surface area (Å²) in [6, 6.07) is 3.71. The van der Waals surface area contributed by atoms with Crippen LogP contribution in [-0.2, 0) is 0 Å². The molecule has 0 aliphatic carbocycles. The molecular formula is C10H12N4OS. The lowest BCUT2D eigenvalue weighted by Crippen LogP contribution is -2.09. The van der Waals surface area contributed by atoms with Crippen LogP contribution in [0, 0.1) is 13.8 Å². The molecule has 0 saturated carbocycles. The quantitative estimate of drug-likeness (QED) is 0.483. The fourth-order valence-electron chi connectivity index (χ4n) is 1.26. The van der Waals surface area contributed by atoms with Gasteiger partial charge in [-0.3, -0.25) is 0 Å². The molecule has 0 spiro atoms. The van der Waals surface area contributed by atoms with Gasteiger partial charge in [0.15, 0.2) is 0 Å². The summed E-state index contributed by atoms with van der Waals surface area (Å²) in [4.78, 5) is 9.48. The van der Waals surface area contributed by atoms with Crippen molar-refractivity contribution in [1.82, 2.24) is 9.97 Å². The second-order valence-corrected chi connectivity index (χ2v) is 4.29. The van der Waals surface area contributed by atoms with Gasteiger partial charge in [0, 0.05) is 6.07 Å². The summed E-state index contributed by atoms with van der Waals surface area (Å²) in [5, 5.41) is 0.838. The highest BCUT2D eigenvalue weighted by Crippen LogP contribution is 2.30. The van der Waals surface area contributed by atoms with Crippen LogP contribution in [0.4, 0.5) is 5.82 Å². The molecular weight excluding hydrogens is 224 g/mol. The maximum Gasteiger partial charge on any atom is 0.144 e. The molecule has 0 aliphatic heterocycles. The molecule has 16 heavy (non-hydrogen) atoms. The maximum atomic E-state index is 5.32. The second kappa shape index (κ2) is 4.54. The van der Waals surface area contributed by atoms with E-state index in [4.69, 9.17) is 10.3 Å². The lowest BCUT2D eigenvalue weighted by Gasteiger charge is -2.04. The molecule has 0 aromatic carbocycles. The molecule has 2 aromatic rings. The lowest BCUT2D eigenvalue weighted by molar-refractivity contribution is 0.527. The molecule has 3 N–H and O–H groups in total. The fourth-order valence-corrected chi connectivity index (χ4v) is 2.15. The smallest absolute Gasteiger partial charge is 0.144 e. The van der Waals surface area contributed by atoms with E-state index in [2.05, 4.69) is 15.4 Å². The Labute approximate surface area is 97.4 Å². The van der Waals surface area contributed by atoms with E-state index in [1.807, 2.05) is 19.9 Å². The van der Waals surface area contributed by atoms with E-state index in [0.29, 0.717) is 11.6 Å². The number of rotatable bonds is 3. The Morgan fingerprint density at radius 3 is 2.81 bits per heavy atom. The van der Waals surface area contributed by atoms with E-state index in [1.54, 1.807) is 12.3 Å². The third-order valence-corrected chi connectivity index (χ3v) is 3.05. The molecule has 0 atom stereocenters. The molecule has 2 heterocycles. The standard InChI is InChI=1S/C10H12N4OS/c1-6-8(3-4-15-6)16-10-5-9(14-11)12-7(2)13-10/h3-5H,11H2,1-2H3,(H,12,13,14). The van der Waals surface area contributed by atoms with Crippen LogP contribution >= 0.6 is 11.8 Å². The minimum atomic E-state index is 0.608. The van der Waals surface area contributed by atoms with Crippen LogP contribution in [0.2, 0.25) is 0 Å². The van der Waals surface area contributed by atoms with Gasteiger partial charge in [-0.25, -0.2) is 15.8 Å². The number of nitrogens with two attached hydrogens (primary N) is 1. The molecule has 0 unspecified atom stereocenters. The van der Waals surface area contributed by atoms with Crippen LogP contribution in [0.3, 0.4) is 0 Å². The molecule has 0 saturated heterocycles. The van der Waals surface area contributed by atoms with Crippen LogP contribution in [0.15, 0.2) is 32.7 Å². The third-order valence-electron chi connectivity index (χ3n) is 1.99. The van der Waals surface area contributed by atoms with E-state index in [1.165, 1.54) is 11.8 Å². The molecule has 0 amide bonds. The Bertz CT molecular complexity index is 497. The monoisotopic (exact) mass is 236 g/mol. The number of nitrogens with zero attached hydrogens (tertiary/aromatic N) is 2. The molecule has 2 rings (SSSR count). The average molecular weight is 236 g/mol. The summed E-state index contributed by atoms with van der Waals surface area (Å²) in [6.07, 6.45) is 1.66. The molecule has 0 bridgehead atoms. The molecule has 0 fully saturated rings. The van der Waals surface area contributed by atoms with Gasteiger partial charge in [0.1, 0.15) is 22.4 Å². The van der Waals surface area contributed by atoms with Crippen molar-refractivity contribution in [1.29, 1.82) is 0 Å². The number of hydrazine groups is 1. The Kier molecular flexibility index (Phi) is 3.12. The summed E-state index contributed by atoms with van der Waals surface area (Å²) in [5.41, 5.74) is 2.51. The van der Waals surface area contributed by atoms with Crippen LogP contribution in [0.1, 0.15) is 11.6 Å². The van der Waals surface area contributed by atoms with Crippen molar-refractivity contribution in [3.63, 3.8) is 0 Å². The van der Waals surface area contributed by atoms with Crippen LogP contribution in [0.25, 0.3) is 0 Å². The molecule has 5 nitrogen and oxygen atoms in total. The van der Waals surface area contributed by atoms with Crippen LogP contribution in [0.5, 0.6) is 0 Å². The van der Waals surface area contributed by atoms with Crippen LogP contribution < -0.4 is 11.3 Å². The average Bonchev–Trinajstić information content (AvgIpc) is 2.63. The van der Waals surface area contributed by atoms with Gasteiger partial charge in [-0.05, 0) is 19.9 Å². The summed E-state index contributed by atoms with van der Waals surface area (Å²) in [6.45, 7) is 3.74. The first-order valence-electron chi connectivity index (χ1n) is 4.73.